The van der Waals surface area contributed by atoms with E-state index in [1.807, 2.05) is 13.8 Å². The highest BCUT2D eigenvalue weighted by atomic mass is 16.5. The summed E-state index contributed by atoms with van der Waals surface area (Å²) >= 11 is 0. The van der Waals surface area contributed by atoms with E-state index in [2.05, 4.69) is 34.1 Å². The van der Waals surface area contributed by atoms with Crippen LogP contribution >= 0.6 is 0 Å². The number of nitrogens with two attached hydrogens (primary N) is 1. The van der Waals surface area contributed by atoms with Crippen LogP contribution in [0.1, 0.15) is 34.1 Å². The molecule has 6 nitrogen and oxygen atoms in total. The molecule has 0 radical (unpaired) electrons. The van der Waals surface area contributed by atoms with E-state index in [9.17, 15) is 0 Å². The molecule has 1 saturated carbocycles. The first-order valence-electron chi connectivity index (χ1n) is 5.81. The summed E-state index contributed by atoms with van der Waals surface area (Å²) in [6.45, 7) is 8.22. The number of rotatable bonds is 4. The van der Waals surface area contributed by atoms with Crippen molar-refractivity contribution in [1.82, 2.24) is 15.0 Å². The highest BCUT2D eigenvalue weighted by Crippen LogP contribution is 2.46. The Labute approximate surface area is 101 Å². The van der Waals surface area contributed by atoms with Crippen LogP contribution < -0.4 is 15.8 Å². The number of ether oxygens (including phenoxy) is 1. The lowest BCUT2D eigenvalue weighted by molar-refractivity contribution is 0.222. The first-order valence-corrected chi connectivity index (χ1v) is 5.81. The molecule has 1 aliphatic carbocycles. The fourth-order valence-corrected chi connectivity index (χ4v) is 1.57. The predicted molar refractivity (Wildman–Crippen MR) is 65.8 cm³/mol. The Hall–Kier alpha value is -1.59. The van der Waals surface area contributed by atoms with E-state index in [1.54, 1.807) is 0 Å². The lowest BCUT2D eigenvalue weighted by atomic mass is 10.2. The summed E-state index contributed by atoms with van der Waals surface area (Å²) in [6, 6.07) is 0.671. The molecule has 0 bridgehead atoms. The number of aromatic nitrogens is 3. The fourth-order valence-electron chi connectivity index (χ4n) is 1.57. The normalized spacial score (nSPS) is 21.4. The van der Waals surface area contributed by atoms with Gasteiger partial charge in [0.1, 0.15) is 0 Å². The molecule has 1 atom stereocenters. The van der Waals surface area contributed by atoms with Crippen molar-refractivity contribution in [1.29, 1.82) is 0 Å². The number of anilines is 2. The third-order valence-electron chi connectivity index (χ3n) is 2.79. The lowest BCUT2D eigenvalue weighted by Gasteiger charge is -2.10. The van der Waals surface area contributed by atoms with Crippen LogP contribution in [-0.2, 0) is 0 Å². The average molecular weight is 237 g/mol. The van der Waals surface area contributed by atoms with Crippen LogP contribution in [0.4, 0.5) is 11.9 Å². The van der Waals surface area contributed by atoms with Crippen molar-refractivity contribution in [3.63, 3.8) is 0 Å². The van der Waals surface area contributed by atoms with Gasteiger partial charge in [0.25, 0.3) is 0 Å². The molecule has 6 heteroatoms. The summed E-state index contributed by atoms with van der Waals surface area (Å²) in [6.07, 6.45) is 1.13. The van der Waals surface area contributed by atoms with Gasteiger partial charge in [-0.2, -0.15) is 15.0 Å². The Morgan fingerprint density at radius 2 is 2.00 bits per heavy atom. The van der Waals surface area contributed by atoms with Crippen molar-refractivity contribution in [2.24, 2.45) is 5.41 Å². The van der Waals surface area contributed by atoms with E-state index in [-0.39, 0.29) is 18.1 Å². The molecular weight excluding hydrogens is 218 g/mol. The first-order chi connectivity index (χ1) is 7.87. The highest BCUT2D eigenvalue weighted by Gasteiger charge is 2.46. The molecule has 1 aromatic heterocycles. The lowest BCUT2D eigenvalue weighted by Crippen LogP contribution is -2.15. The molecule has 1 fully saturated rings. The highest BCUT2D eigenvalue weighted by molar-refractivity contribution is 5.36. The number of hydrogen-bond acceptors (Lipinski definition) is 6. The maximum atomic E-state index is 5.62. The van der Waals surface area contributed by atoms with Gasteiger partial charge < -0.3 is 15.8 Å². The summed E-state index contributed by atoms with van der Waals surface area (Å²) in [4.78, 5) is 12.2. The number of nitrogens with zero attached hydrogens (tertiary/aromatic N) is 3. The van der Waals surface area contributed by atoms with E-state index in [1.165, 1.54) is 0 Å². The monoisotopic (exact) mass is 237 g/mol. The molecule has 1 heterocycles. The minimum atomic E-state index is 0.0158. The van der Waals surface area contributed by atoms with Gasteiger partial charge in [-0.3, -0.25) is 0 Å². The molecule has 1 aromatic rings. The van der Waals surface area contributed by atoms with Crippen molar-refractivity contribution in [2.45, 2.75) is 46.3 Å². The third-order valence-corrected chi connectivity index (χ3v) is 2.79. The van der Waals surface area contributed by atoms with Crippen LogP contribution in [0.25, 0.3) is 0 Å². The Kier molecular flexibility index (Phi) is 2.81. The average Bonchev–Trinajstić information content (AvgIpc) is 2.70. The largest absolute Gasteiger partial charge is 0.461 e. The SMILES string of the molecule is CC(C)Oc1nc(N)nc(NC2CC2(C)C)n1. The number of nitrogen functional groups attached to an aromatic ring is 1. The van der Waals surface area contributed by atoms with Gasteiger partial charge in [-0.25, -0.2) is 0 Å². The Balaban J connectivity index is 2.09. The molecule has 0 aliphatic heterocycles. The van der Waals surface area contributed by atoms with Crippen molar-refractivity contribution in [3.05, 3.63) is 0 Å². The van der Waals surface area contributed by atoms with E-state index in [0.29, 0.717) is 17.4 Å². The topological polar surface area (TPSA) is 86.0 Å². The van der Waals surface area contributed by atoms with Crippen molar-refractivity contribution >= 4 is 11.9 Å². The van der Waals surface area contributed by atoms with E-state index >= 15 is 0 Å². The van der Waals surface area contributed by atoms with Gasteiger partial charge in [-0.05, 0) is 25.7 Å². The van der Waals surface area contributed by atoms with Gasteiger partial charge in [0.15, 0.2) is 0 Å². The second-order valence-electron chi connectivity index (χ2n) is 5.36. The second-order valence-corrected chi connectivity index (χ2v) is 5.36. The third kappa shape index (κ3) is 2.95. The molecule has 94 valence electrons. The Bertz CT molecular complexity index is 418. The van der Waals surface area contributed by atoms with E-state index in [0.717, 1.165) is 6.42 Å². The number of hydrogen-bond donors (Lipinski definition) is 2. The molecule has 2 rings (SSSR count). The van der Waals surface area contributed by atoms with E-state index < -0.39 is 0 Å². The van der Waals surface area contributed by atoms with Crippen LogP contribution in [0, 0.1) is 5.41 Å². The molecule has 1 aliphatic rings. The van der Waals surface area contributed by atoms with Gasteiger partial charge >= 0.3 is 6.01 Å². The zero-order chi connectivity index (χ0) is 12.6. The zero-order valence-electron chi connectivity index (χ0n) is 10.7. The Morgan fingerprint density at radius 1 is 1.35 bits per heavy atom. The molecular formula is C11H19N5O. The molecule has 0 spiro atoms. The summed E-state index contributed by atoms with van der Waals surface area (Å²) in [5.74, 6) is 0.667. The van der Waals surface area contributed by atoms with Crippen LogP contribution in [0.15, 0.2) is 0 Å². The van der Waals surface area contributed by atoms with Crippen molar-refractivity contribution in [3.8, 4) is 6.01 Å². The van der Waals surface area contributed by atoms with Gasteiger partial charge in [0, 0.05) is 6.04 Å². The maximum Gasteiger partial charge on any atom is 0.323 e. The minimum Gasteiger partial charge on any atom is -0.461 e. The first kappa shape index (κ1) is 11.9. The molecule has 0 amide bonds. The van der Waals surface area contributed by atoms with Gasteiger partial charge in [-0.15, -0.1) is 0 Å². The smallest absolute Gasteiger partial charge is 0.323 e. The van der Waals surface area contributed by atoms with Gasteiger partial charge in [0.2, 0.25) is 11.9 Å². The molecule has 17 heavy (non-hydrogen) atoms. The van der Waals surface area contributed by atoms with Crippen LogP contribution in [0.3, 0.4) is 0 Å². The zero-order valence-corrected chi connectivity index (χ0v) is 10.7. The molecule has 0 aromatic carbocycles. The van der Waals surface area contributed by atoms with Crippen molar-refractivity contribution < 1.29 is 4.74 Å². The molecule has 3 N–H and O–H groups in total. The second kappa shape index (κ2) is 4.01. The fraction of sp³-hybridized carbons (Fsp3) is 0.727. The summed E-state index contributed by atoms with van der Waals surface area (Å²) in [7, 11) is 0. The summed E-state index contributed by atoms with van der Waals surface area (Å²) in [5.41, 5.74) is 5.92. The van der Waals surface area contributed by atoms with Gasteiger partial charge in [0.05, 0.1) is 6.10 Å². The standard InChI is InChI=1S/C11H19N5O/c1-6(2)17-10-15-8(12)14-9(16-10)13-7-5-11(7,3)4/h6-7H,5H2,1-4H3,(H3,12,13,14,15,16). The summed E-state index contributed by atoms with van der Waals surface area (Å²) < 4.78 is 5.41. The van der Waals surface area contributed by atoms with Crippen molar-refractivity contribution in [2.75, 3.05) is 11.1 Å². The van der Waals surface area contributed by atoms with Crippen LogP contribution in [0.2, 0.25) is 0 Å². The molecule has 0 saturated heterocycles. The quantitative estimate of drug-likeness (QED) is 0.824. The van der Waals surface area contributed by atoms with Crippen LogP contribution in [0.5, 0.6) is 6.01 Å². The maximum absolute atomic E-state index is 5.62. The summed E-state index contributed by atoms with van der Waals surface area (Å²) in [5, 5.41) is 3.24. The minimum absolute atomic E-state index is 0.0158. The Morgan fingerprint density at radius 3 is 2.53 bits per heavy atom. The van der Waals surface area contributed by atoms with E-state index in [4.69, 9.17) is 10.5 Å². The van der Waals surface area contributed by atoms with Crippen LogP contribution in [-0.4, -0.2) is 27.1 Å². The predicted octanol–water partition coefficient (Wildman–Crippen LogP) is 1.45. The number of nitrogens with one attached hydrogen (secondary N) is 1. The van der Waals surface area contributed by atoms with Gasteiger partial charge in [-0.1, -0.05) is 13.8 Å². The molecule has 1 unspecified atom stereocenters.